The first-order valence-corrected chi connectivity index (χ1v) is 13.9. The molecule has 4 atom stereocenters. The van der Waals surface area contributed by atoms with Gasteiger partial charge in [-0.05, 0) is 45.6 Å². The number of anilines is 2. The number of aliphatic hydroxyl groups is 2. The van der Waals surface area contributed by atoms with Crippen LogP contribution in [0, 0.1) is 25.2 Å². The molecule has 12 heteroatoms. The third kappa shape index (κ3) is 6.23. The summed E-state index contributed by atoms with van der Waals surface area (Å²) in [6.07, 6.45) is -0.611. The maximum absolute atomic E-state index is 11.9. The Labute approximate surface area is 232 Å². The number of amides is 1. The standard InChI is InChI=1S/C27H39N7O4S/c1-13-18(23-32-19-14(2)28-10-9-17(19)39-23)22(33-24(30-13)29-12-26(3,4)5)31-16-11-15(20(35)21(16)36)27(6,7)34-25(37)38-8/h9-10,15-16,20-21,35-36H,11-12H2,1-8H3,(H,34,37)(H2,29,30,31,33)/t15-,16+,20+,21-/m0/s1. The Bertz CT molecular complexity index is 1350. The van der Waals surface area contributed by atoms with Gasteiger partial charge in [-0.2, -0.15) is 4.98 Å². The Kier molecular flexibility index (Phi) is 8.02. The van der Waals surface area contributed by atoms with Crippen LogP contribution in [-0.4, -0.2) is 73.7 Å². The van der Waals surface area contributed by atoms with Crippen LogP contribution in [0.1, 0.15) is 52.4 Å². The van der Waals surface area contributed by atoms with E-state index in [9.17, 15) is 15.0 Å². The lowest BCUT2D eigenvalue weighted by molar-refractivity contribution is -0.00233. The number of aliphatic hydroxyl groups excluding tert-OH is 2. The van der Waals surface area contributed by atoms with Crippen LogP contribution in [0.2, 0.25) is 0 Å². The number of alkyl carbamates (subject to hydrolysis) is 1. The topological polar surface area (TPSA) is 154 Å². The molecule has 212 valence electrons. The fourth-order valence-corrected chi connectivity index (χ4v) is 6.03. The number of nitrogens with zero attached hydrogens (tertiary/aromatic N) is 4. The van der Waals surface area contributed by atoms with E-state index in [1.165, 1.54) is 18.4 Å². The van der Waals surface area contributed by atoms with Gasteiger partial charge in [-0.3, -0.25) is 4.98 Å². The largest absolute Gasteiger partial charge is 0.453 e. The Hall–Kier alpha value is -3.09. The van der Waals surface area contributed by atoms with Crippen LogP contribution in [0.5, 0.6) is 0 Å². The fraction of sp³-hybridized carbons (Fsp3) is 0.593. The summed E-state index contributed by atoms with van der Waals surface area (Å²) in [6, 6.07) is 1.40. The smallest absolute Gasteiger partial charge is 0.407 e. The molecule has 1 aliphatic carbocycles. The van der Waals surface area contributed by atoms with Crippen LogP contribution < -0.4 is 16.0 Å². The van der Waals surface area contributed by atoms with Gasteiger partial charge in [0.05, 0.1) is 40.9 Å². The fourth-order valence-electron chi connectivity index (χ4n) is 4.92. The second-order valence-corrected chi connectivity index (χ2v) is 13.0. The number of pyridine rings is 1. The number of hydrogen-bond donors (Lipinski definition) is 5. The van der Waals surface area contributed by atoms with E-state index in [4.69, 9.17) is 19.7 Å². The van der Waals surface area contributed by atoms with Crippen molar-refractivity contribution in [2.75, 3.05) is 24.3 Å². The molecule has 0 spiro atoms. The number of hydrogen-bond acceptors (Lipinski definition) is 11. The second kappa shape index (κ2) is 10.8. The molecule has 1 fully saturated rings. The quantitative estimate of drug-likeness (QED) is 0.289. The molecule has 1 aliphatic rings. The lowest BCUT2D eigenvalue weighted by Crippen LogP contribution is -2.52. The normalized spacial score (nSPS) is 21.7. The molecule has 0 aliphatic heterocycles. The molecule has 0 radical (unpaired) electrons. The third-order valence-corrected chi connectivity index (χ3v) is 8.15. The van der Waals surface area contributed by atoms with Crippen LogP contribution >= 0.6 is 11.3 Å². The highest BCUT2D eigenvalue weighted by Gasteiger charge is 2.49. The van der Waals surface area contributed by atoms with Crippen LogP contribution in [0.3, 0.4) is 0 Å². The highest BCUT2D eigenvalue weighted by atomic mass is 32.1. The molecule has 3 aromatic rings. The van der Waals surface area contributed by atoms with Gasteiger partial charge >= 0.3 is 6.09 Å². The molecule has 3 aromatic heterocycles. The SMILES string of the molecule is COC(=O)NC(C)(C)[C@H]1C[C@@H](Nc2nc(NCC(C)(C)C)nc(C)c2-c2nc3c(C)nccc3s2)[C@H](O)[C@@H]1O. The maximum Gasteiger partial charge on any atom is 0.407 e. The summed E-state index contributed by atoms with van der Waals surface area (Å²) in [4.78, 5) is 30.7. The summed E-state index contributed by atoms with van der Waals surface area (Å²) in [5.41, 5.74) is 2.30. The summed E-state index contributed by atoms with van der Waals surface area (Å²) in [7, 11) is 1.29. The lowest BCUT2D eigenvalue weighted by Gasteiger charge is -2.34. The average Bonchev–Trinajstić information content (AvgIpc) is 3.39. The molecular weight excluding hydrogens is 518 g/mol. The van der Waals surface area contributed by atoms with Gasteiger partial charge in [-0.15, -0.1) is 11.3 Å². The Balaban J connectivity index is 1.72. The Morgan fingerprint density at radius 3 is 2.46 bits per heavy atom. The first kappa shape index (κ1) is 28.9. The molecule has 0 saturated heterocycles. The Morgan fingerprint density at radius 2 is 1.82 bits per heavy atom. The summed E-state index contributed by atoms with van der Waals surface area (Å²) in [6.45, 7) is 14.5. The van der Waals surface area contributed by atoms with Crippen molar-refractivity contribution in [2.24, 2.45) is 11.3 Å². The van der Waals surface area contributed by atoms with Crippen molar-refractivity contribution in [1.82, 2.24) is 25.3 Å². The molecule has 11 nitrogen and oxygen atoms in total. The summed E-state index contributed by atoms with van der Waals surface area (Å²) in [5.74, 6) is 0.536. The van der Waals surface area contributed by atoms with Crippen molar-refractivity contribution < 1.29 is 19.7 Å². The van der Waals surface area contributed by atoms with Gasteiger partial charge in [0.15, 0.2) is 0 Å². The first-order chi connectivity index (χ1) is 18.2. The van der Waals surface area contributed by atoms with Crippen molar-refractivity contribution in [1.29, 1.82) is 0 Å². The van der Waals surface area contributed by atoms with E-state index in [1.54, 1.807) is 20.0 Å². The number of carbonyl (C=O) groups excluding carboxylic acids is 1. The minimum atomic E-state index is -1.09. The molecule has 1 saturated carbocycles. The van der Waals surface area contributed by atoms with Crippen molar-refractivity contribution in [3.8, 4) is 10.6 Å². The van der Waals surface area contributed by atoms with Gasteiger partial charge in [-0.25, -0.2) is 14.8 Å². The molecule has 5 N–H and O–H groups in total. The van der Waals surface area contributed by atoms with Crippen molar-refractivity contribution in [3.05, 3.63) is 23.7 Å². The van der Waals surface area contributed by atoms with Crippen molar-refractivity contribution in [2.45, 2.75) is 78.7 Å². The van der Waals surface area contributed by atoms with Crippen LogP contribution in [0.15, 0.2) is 12.3 Å². The van der Waals surface area contributed by atoms with E-state index in [-0.39, 0.29) is 5.41 Å². The molecular formula is C27H39N7O4S. The van der Waals surface area contributed by atoms with Gasteiger partial charge in [0.1, 0.15) is 22.4 Å². The van der Waals surface area contributed by atoms with Crippen molar-refractivity contribution >= 4 is 39.4 Å². The van der Waals surface area contributed by atoms with Gasteiger partial charge < -0.3 is 30.9 Å². The van der Waals surface area contributed by atoms with Crippen molar-refractivity contribution in [3.63, 3.8) is 0 Å². The molecule has 4 rings (SSSR count). The number of rotatable bonds is 7. The maximum atomic E-state index is 11.9. The minimum absolute atomic E-state index is 0.0122. The zero-order chi connectivity index (χ0) is 28.7. The van der Waals surface area contributed by atoms with Gasteiger partial charge in [0.2, 0.25) is 5.95 Å². The second-order valence-electron chi connectivity index (χ2n) is 11.9. The van der Waals surface area contributed by atoms with Gasteiger partial charge in [-0.1, -0.05) is 20.8 Å². The summed E-state index contributed by atoms with van der Waals surface area (Å²) >= 11 is 1.52. The number of thiazole rings is 1. The van der Waals surface area contributed by atoms with Gasteiger partial charge in [0, 0.05) is 24.2 Å². The number of nitrogens with one attached hydrogen (secondary N) is 3. The highest BCUT2D eigenvalue weighted by Crippen LogP contribution is 2.40. The van der Waals surface area contributed by atoms with E-state index in [0.29, 0.717) is 24.7 Å². The molecule has 0 unspecified atom stereocenters. The molecule has 1 amide bonds. The lowest BCUT2D eigenvalue weighted by atomic mass is 9.84. The van der Waals surface area contributed by atoms with E-state index in [2.05, 4.69) is 41.7 Å². The summed E-state index contributed by atoms with van der Waals surface area (Å²) in [5, 5.41) is 32.3. The Morgan fingerprint density at radius 1 is 1.10 bits per heavy atom. The van der Waals surface area contributed by atoms with E-state index in [1.807, 2.05) is 19.9 Å². The third-order valence-electron chi connectivity index (χ3n) is 7.11. The molecule has 39 heavy (non-hydrogen) atoms. The number of aromatic nitrogens is 4. The predicted octanol–water partition coefficient (Wildman–Crippen LogP) is 3.88. The van der Waals surface area contributed by atoms with Gasteiger partial charge in [0.25, 0.3) is 0 Å². The predicted molar refractivity (Wildman–Crippen MR) is 153 cm³/mol. The van der Waals surface area contributed by atoms with E-state index in [0.717, 1.165) is 32.2 Å². The number of aryl methyl sites for hydroxylation is 2. The highest BCUT2D eigenvalue weighted by molar-refractivity contribution is 7.21. The van der Waals surface area contributed by atoms with E-state index < -0.39 is 35.8 Å². The number of carbonyl (C=O) groups is 1. The van der Waals surface area contributed by atoms with E-state index >= 15 is 0 Å². The molecule has 0 aromatic carbocycles. The summed E-state index contributed by atoms with van der Waals surface area (Å²) < 4.78 is 5.76. The van der Waals surface area contributed by atoms with Crippen LogP contribution in [0.4, 0.5) is 16.6 Å². The number of fused-ring (bicyclic) bond motifs is 1. The first-order valence-electron chi connectivity index (χ1n) is 13.0. The zero-order valence-corrected chi connectivity index (χ0v) is 24.6. The van der Waals surface area contributed by atoms with Crippen LogP contribution in [0.25, 0.3) is 20.8 Å². The molecule has 3 heterocycles. The minimum Gasteiger partial charge on any atom is -0.453 e. The number of methoxy groups -OCH3 is 1. The number of ether oxygens (including phenoxy) is 1. The monoisotopic (exact) mass is 557 g/mol. The van der Waals surface area contributed by atoms with Crippen LogP contribution in [-0.2, 0) is 4.74 Å². The zero-order valence-electron chi connectivity index (χ0n) is 23.8. The molecule has 0 bridgehead atoms. The average molecular weight is 558 g/mol.